The zero-order valence-corrected chi connectivity index (χ0v) is 13.4. The lowest BCUT2D eigenvalue weighted by Crippen LogP contribution is -2.38. The van der Waals surface area contributed by atoms with E-state index in [-0.39, 0.29) is 11.6 Å². The quantitative estimate of drug-likeness (QED) is 0.760. The predicted molar refractivity (Wildman–Crippen MR) is 81.1 cm³/mol. The van der Waals surface area contributed by atoms with Gasteiger partial charge in [-0.3, -0.25) is 9.59 Å². The van der Waals surface area contributed by atoms with Gasteiger partial charge in [-0.05, 0) is 0 Å². The molecule has 0 aromatic rings. The maximum absolute atomic E-state index is 12.1. The summed E-state index contributed by atoms with van der Waals surface area (Å²) in [5, 5.41) is 6.37. The normalized spacial score (nSPS) is 20.5. The first-order valence-electron chi connectivity index (χ1n) is 7.02. The van der Waals surface area contributed by atoms with Crippen molar-refractivity contribution in [3.63, 3.8) is 0 Å². The van der Waals surface area contributed by atoms with Gasteiger partial charge >= 0.3 is 0 Å². The van der Waals surface area contributed by atoms with Crippen molar-refractivity contribution in [1.29, 1.82) is 0 Å². The zero-order chi connectivity index (χ0) is 15.6. The van der Waals surface area contributed by atoms with Gasteiger partial charge in [-0.2, -0.15) is 0 Å². The van der Waals surface area contributed by atoms with Crippen molar-refractivity contribution in [3.8, 4) is 0 Å². The number of carbonyl (C=O) groups excluding carboxylic acids is 2. The number of allylic oxidation sites excluding steroid dienone is 2. The average molecular weight is 278 g/mol. The van der Waals surface area contributed by atoms with Crippen LogP contribution < -0.4 is 10.6 Å². The molecule has 1 fully saturated rings. The number of hydrogen-bond donors (Lipinski definition) is 2. The van der Waals surface area contributed by atoms with Crippen molar-refractivity contribution in [2.24, 2.45) is 10.8 Å². The molecule has 1 saturated heterocycles. The maximum Gasteiger partial charge on any atom is 0.163 e. The smallest absolute Gasteiger partial charge is 0.163 e. The molecular weight excluding hydrogens is 252 g/mol. The molecule has 4 heteroatoms. The van der Waals surface area contributed by atoms with Crippen molar-refractivity contribution in [1.82, 2.24) is 10.6 Å². The van der Waals surface area contributed by atoms with Crippen LogP contribution in [0, 0.1) is 10.8 Å². The molecule has 0 saturated carbocycles. The van der Waals surface area contributed by atoms with E-state index in [1.165, 1.54) is 0 Å². The topological polar surface area (TPSA) is 58.2 Å². The van der Waals surface area contributed by atoms with E-state index < -0.39 is 10.8 Å². The third-order valence-corrected chi connectivity index (χ3v) is 3.08. The molecule has 0 spiro atoms. The molecule has 20 heavy (non-hydrogen) atoms. The van der Waals surface area contributed by atoms with E-state index in [0.29, 0.717) is 11.4 Å². The highest BCUT2D eigenvalue weighted by Crippen LogP contribution is 2.20. The summed E-state index contributed by atoms with van der Waals surface area (Å²) in [6, 6.07) is 0. The average Bonchev–Trinajstić information content (AvgIpc) is 2.29. The van der Waals surface area contributed by atoms with Crippen LogP contribution in [0.5, 0.6) is 0 Å². The Labute approximate surface area is 121 Å². The van der Waals surface area contributed by atoms with E-state index >= 15 is 0 Å². The van der Waals surface area contributed by atoms with Crippen molar-refractivity contribution in [2.75, 3.05) is 13.1 Å². The van der Waals surface area contributed by atoms with Crippen LogP contribution in [-0.2, 0) is 9.59 Å². The van der Waals surface area contributed by atoms with E-state index in [0.717, 1.165) is 13.1 Å². The van der Waals surface area contributed by atoms with Crippen molar-refractivity contribution < 1.29 is 9.59 Å². The number of ketones is 2. The van der Waals surface area contributed by atoms with Crippen LogP contribution in [0.2, 0.25) is 0 Å². The molecule has 0 bridgehead atoms. The number of rotatable bonds is 2. The van der Waals surface area contributed by atoms with Gasteiger partial charge in [-0.1, -0.05) is 41.5 Å². The fraction of sp³-hybridized carbons (Fsp3) is 0.625. The Morgan fingerprint density at radius 1 is 0.800 bits per heavy atom. The van der Waals surface area contributed by atoms with Gasteiger partial charge < -0.3 is 10.6 Å². The largest absolute Gasteiger partial charge is 0.382 e. The lowest BCUT2D eigenvalue weighted by atomic mass is 9.88. The van der Waals surface area contributed by atoms with Crippen molar-refractivity contribution in [3.05, 3.63) is 23.5 Å². The molecule has 1 aliphatic rings. The Hall–Kier alpha value is -1.58. The lowest BCUT2D eigenvalue weighted by Gasteiger charge is -2.25. The molecule has 0 atom stereocenters. The third-order valence-electron chi connectivity index (χ3n) is 3.08. The predicted octanol–water partition coefficient (Wildman–Crippen LogP) is 2.18. The molecule has 4 nitrogen and oxygen atoms in total. The zero-order valence-electron chi connectivity index (χ0n) is 13.4. The standard InChI is InChI=1S/C16H26N2O2/c1-15(2,3)13(19)9-11-12(18-8-7-17-11)10-14(20)16(4,5)6/h9-10,17-18H,7-8H2,1-6H3/b11-9-,12-10+. The minimum atomic E-state index is -0.425. The van der Waals surface area contributed by atoms with Gasteiger partial charge in [0.15, 0.2) is 11.6 Å². The van der Waals surface area contributed by atoms with E-state index in [1.54, 1.807) is 12.2 Å². The van der Waals surface area contributed by atoms with E-state index in [4.69, 9.17) is 0 Å². The van der Waals surface area contributed by atoms with Gasteiger partial charge in [0.2, 0.25) is 0 Å². The van der Waals surface area contributed by atoms with Gasteiger partial charge in [0.1, 0.15) is 0 Å². The SMILES string of the molecule is CC(C)(C)C(=O)/C=C1\NCCN\C1=C\C(=O)C(C)(C)C. The molecule has 0 amide bonds. The first-order chi connectivity index (χ1) is 9.01. The monoisotopic (exact) mass is 278 g/mol. The van der Waals surface area contributed by atoms with E-state index in [2.05, 4.69) is 10.6 Å². The molecule has 1 rings (SSSR count). The third kappa shape index (κ3) is 4.51. The second-order valence-electron chi connectivity index (χ2n) is 7.20. The van der Waals surface area contributed by atoms with Gasteiger partial charge in [0.05, 0.1) is 11.4 Å². The minimum Gasteiger partial charge on any atom is -0.382 e. The molecule has 0 unspecified atom stereocenters. The molecule has 0 radical (unpaired) electrons. The second kappa shape index (κ2) is 5.81. The first-order valence-corrected chi connectivity index (χ1v) is 7.02. The Bertz CT molecular complexity index is 416. The van der Waals surface area contributed by atoms with Gasteiger partial charge in [0, 0.05) is 36.1 Å². The molecule has 0 aliphatic carbocycles. The fourth-order valence-electron chi connectivity index (χ4n) is 1.54. The summed E-state index contributed by atoms with van der Waals surface area (Å²) >= 11 is 0. The van der Waals surface area contributed by atoms with Gasteiger partial charge in [-0.15, -0.1) is 0 Å². The number of piperazine rings is 1. The highest BCUT2D eigenvalue weighted by molar-refractivity contribution is 5.97. The van der Waals surface area contributed by atoms with Crippen LogP contribution in [0.1, 0.15) is 41.5 Å². The second-order valence-corrected chi connectivity index (χ2v) is 7.20. The Kier molecular flexibility index (Phi) is 4.79. The molecular formula is C16H26N2O2. The fourth-order valence-corrected chi connectivity index (χ4v) is 1.54. The summed E-state index contributed by atoms with van der Waals surface area (Å²) in [6.45, 7) is 12.8. The van der Waals surface area contributed by atoms with Gasteiger partial charge in [0.25, 0.3) is 0 Å². The highest BCUT2D eigenvalue weighted by Gasteiger charge is 2.24. The summed E-state index contributed by atoms with van der Waals surface area (Å²) in [7, 11) is 0. The van der Waals surface area contributed by atoms with Crippen LogP contribution in [0.3, 0.4) is 0 Å². The Balaban J connectivity index is 3.05. The van der Waals surface area contributed by atoms with Gasteiger partial charge in [-0.25, -0.2) is 0 Å². The number of nitrogens with one attached hydrogen (secondary N) is 2. The van der Waals surface area contributed by atoms with E-state index in [1.807, 2.05) is 41.5 Å². The summed E-state index contributed by atoms with van der Waals surface area (Å²) in [6.07, 6.45) is 3.18. The van der Waals surface area contributed by atoms with Crippen LogP contribution in [0.4, 0.5) is 0 Å². The maximum atomic E-state index is 12.1. The minimum absolute atomic E-state index is 0.0396. The lowest BCUT2D eigenvalue weighted by molar-refractivity contribution is -0.122. The van der Waals surface area contributed by atoms with Crippen LogP contribution in [0.15, 0.2) is 23.5 Å². The number of carbonyl (C=O) groups is 2. The molecule has 1 aliphatic heterocycles. The Morgan fingerprint density at radius 3 is 1.35 bits per heavy atom. The van der Waals surface area contributed by atoms with Crippen molar-refractivity contribution >= 4 is 11.6 Å². The van der Waals surface area contributed by atoms with Crippen LogP contribution >= 0.6 is 0 Å². The summed E-state index contributed by atoms with van der Waals surface area (Å²) < 4.78 is 0. The van der Waals surface area contributed by atoms with Crippen LogP contribution in [-0.4, -0.2) is 24.7 Å². The van der Waals surface area contributed by atoms with Crippen molar-refractivity contribution in [2.45, 2.75) is 41.5 Å². The summed E-state index contributed by atoms with van der Waals surface area (Å²) in [4.78, 5) is 24.2. The molecule has 0 aromatic heterocycles. The molecule has 2 N–H and O–H groups in total. The first kappa shape index (κ1) is 16.5. The van der Waals surface area contributed by atoms with E-state index in [9.17, 15) is 9.59 Å². The molecule has 112 valence electrons. The summed E-state index contributed by atoms with van der Waals surface area (Å²) in [5.74, 6) is 0.0793. The summed E-state index contributed by atoms with van der Waals surface area (Å²) in [5.41, 5.74) is 0.554. The highest BCUT2D eigenvalue weighted by atomic mass is 16.1. The molecule has 1 heterocycles. The molecule has 0 aromatic carbocycles. The van der Waals surface area contributed by atoms with Crippen LogP contribution in [0.25, 0.3) is 0 Å². The number of hydrogen-bond acceptors (Lipinski definition) is 4. The Morgan fingerprint density at radius 2 is 1.10 bits per heavy atom.